The molecule has 29 heavy (non-hydrogen) atoms. The number of benzene rings is 1. The van der Waals surface area contributed by atoms with Crippen LogP contribution in [0.5, 0.6) is 6.01 Å². The molecule has 3 aromatic heterocycles. The number of hydrogen-bond acceptors (Lipinski definition) is 7. The number of morpholine rings is 1. The third-order valence-corrected chi connectivity index (χ3v) is 4.79. The second-order valence-corrected chi connectivity index (χ2v) is 6.73. The van der Waals surface area contributed by atoms with Gasteiger partial charge in [-0.15, -0.1) is 0 Å². The summed E-state index contributed by atoms with van der Waals surface area (Å²) in [7, 11) is 0. The molecule has 0 bridgehead atoms. The van der Waals surface area contributed by atoms with Gasteiger partial charge in [0, 0.05) is 36.6 Å². The average Bonchev–Trinajstić information content (AvgIpc) is 3.27. The lowest BCUT2D eigenvalue weighted by Gasteiger charge is -2.27. The minimum atomic E-state index is 0.286. The van der Waals surface area contributed by atoms with Gasteiger partial charge in [-0.3, -0.25) is 4.98 Å². The summed E-state index contributed by atoms with van der Waals surface area (Å²) < 4.78 is 11.3. The fraction of sp³-hybridized carbons (Fsp3) is 0.238. The van der Waals surface area contributed by atoms with Crippen LogP contribution in [0.1, 0.15) is 5.69 Å². The molecule has 1 aliphatic rings. The normalized spacial score (nSPS) is 14.3. The van der Waals surface area contributed by atoms with Crippen LogP contribution in [0.15, 0.2) is 54.9 Å². The van der Waals surface area contributed by atoms with E-state index in [-0.39, 0.29) is 6.01 Å². The number of anilines is 1. The molecular formula is C21H20N6O2. The molecule has 146 valence electrons. The number of rotatable bonds is 5. The van der Waals surface area contributed by atoms with Gasteiger partial charge in [0.25, 0.3) is 0 Å². The first-order valence-electron chi connectivity index (χ1n) is 9.54. The zero-order chi connectivity index (χ0) is 19.5. The van der Waals surface area contributed by atoms with E-state index < -0.39 is 0 Å². The molecule has 8 nitrogen and oxygen atoms in total. The van der Waals surface area contributed by atoms with E-state index >= 15 is 0 Å². The van der Waals surface area contributed by atoms with Gasteiger partial charge in [-0.2, -0.15) is 15.0 Å². The lowest BCUT2D eigenvalue weighted by atomic mass is 10.1. The predicted molar refractivity (Wildman–Crippen MR) is 109 cm³/mol. The highest BCUT2D eigenvalue weighted by Gasteiger charge is 2.18. The van der Waals surface area contributed by atoms with Crippen LogP contribution in [0.4, 0.5) is 5.95 Å². The quantitative estimate of drug-likeness (QED) is 0.562. The van der Waals surface area contributed by atoms with Crippen LogP contribution in [-0.4, -0.2) is 51.2 Å². The highest BCUT2D eigenvalue weighted by molar-refractivity contribution is 5.83. The summed E-state index contributed by atoms with van der Waals surface area (Å²) in [6.45, 7) is 3.07. The molecule has 1 saturated heterocycles. The minimum Gasteiger partial charge on any atom is -0.457 e. The zero-order valence-corrected chi connectivity index (χ0v) is 15.8. The third-order valence-electron chi connectivity index (χ3n) is 4.79. The van der Waals surface area contributed by atoms with E-state index in [0.29, 0.717) is 31.6 Å². The summed E-state index contributed by atoms with van der Waals surface area (Å²) in [5.74, 6) is 1.18. The molecule has 5 rings (SSSR count). The maximum absolute atomic E-state index is 5.87. The Hall–Kier alpha value is -3.52. The predicted octanol–water partition coefficient (Wildman–Crippen LogP) is 2.83. The number of nitrogens with one attached hydrogen (secondary N) is 1. The molecular weight excluding hydrogens is 368 g/mol. The Morgan fingerprint density at radius 2 is 1.97 bits per heavy atom. The number of pyridine rings is 1. The molecule has 4 aromatic rings. The molecule has 0 saturated carbocycles. The molecule has 0 atom stereocenters. The Labute approximate surface area is 167 Å². The molecule has 0 radical (unpaired) electrons. The summed E-state index contributed by atoms with van der Waals surface area (Å²) in [4.78, 5) is 23.4. The van der Waals surface area contributed by atoms with E-state index in [1.165, 1.54) is 0 Å². The Balaban J connectivity index is 1.50. The molecule has 8 heteroatoms. The molecule has 1 fully saturated rings. The number of H-pyrrole nitrogens is 1. The number of fused-ring (bicyclic) bond motifs is 1. The molecule has 0 amide bonds. The van der Waals surface area contributed by atoms with Crippen LogP contribution >= 0.6 is 0 Å². The van der Waals surface area contributed by atoms with Crippen molar-refractivity contribution in [3.63, 3.8) is 0 Å². The highest BCUT2D eigenvalue weighted by atomic mass is 16.5. The van der Waals surface area contributed by atoms with E-state index in [9.17, 15) is 0 Å². The summed E-state index contributed by atoms with van der Waals surface area (Å²) >= 11 is 0. The van der Waals surface area contributed by atoms with Gasteiger partial charge < -0.3 is 19.4 Å². The fourth-order valence-corrected chi connectivity index (χ4v) is 3.25. The van der Waals surface area contributed by atoms with E-state index in [0.717, 1.165) is 35.2 Å². The van der Waals surface area contributed by atoms with Crippen LogP contribution < -0.4 is 9.64 Å². The summed E-state index contributed by atoms with van der Waals surface area (Å²) in [5.41, 5.74) is 2.75. The molecule has 0 unspecified atom stereocenters. The molecule has 4 heterocycles. The second kappa shape index (κ2) is 7.84. The van der Waals surface area contributed by atoms with Gasteiger partial charge in [-0.1, -0.05) is 18.2 Å². The second-order valence-electron chi connectivity index (χ2n) is 6.73. The van der Waals surface area contributed by atoms with Crippen LogP contribution in [-0.2, 0) is 11.3 Å². The molecule has 0 aliphatic carbocycles. The number of ether oxygens (including phenoxy) is 2. The number of aromatic nitrogens is 5. The van der Waals surface area contributed by atoms with Crippen LogP contribution in [0.25, 0.3) is 22.3 Å². The van der Waals surface area contributed by atoms with Gasteiger partial charge in [-0.05, 0) is 29.7 Å². The smallest absolute Gasteiger partial charge is 0.322 e. The monoisotopic (exact) mass is 388 g/mol. The van der Waals surface area contributed by atoms with Crippen molar-refractivity contribution in [1.29, 1.82) is 0 Å². The Morgan fingerprint density at radius 1 is 1.03 bits per heavy atom. The van der Waals surface area contributed by atoms with Crippen molar-refractivity contribution in [2.75, 3.05) is 31.2 Å². The molecule has 1 aliphatic heterocycles. The van der Waals surface area contributed by atoms with Crippen molar-refractivity contribution < 1.29 is 9.47 Å². The van der Waals surface area contributed by atoms with Crippen molar-refractivity contribution in [3.05, 3.63) is 60.6 Å². The van der Waals surface area contributed by atoms with Gasteiger partial charge in [0.2, 0.25) is 5.95 Å². The van der Waals surface area contributed by atoms with Crippen molar-refractivity contribution in [1.82, 2.24) is 24.9 Å². The summed E-state index contributed by atoms with van der Waals surface area (Å²) in [5, 5.41) is 1.14. The molecule has 0 spiro atoms. The van der Waals surface area contributed by atoms with E-state index in [2.05, 4.69) is 24.8 Å². The van der Waals surface area contributed by atoms with Gasteiger partial charge >= 0.3 is 6.01 Å². The van der Waals surface area contributed by atoms with E-state index in [1.807, 2.05) is 48.7 Å². The van der Waals surface area contributed by atoms with Crippen molar-refractivity contribution in [3.8, 4) is 17.4 Å². The average molecular weight is 388 g/mol. The number of aromatic amines is 1. The van der Waals surface area contributed by atoms with Gasteiger partial charge in [0.05, 0.1) is 18.9 Å². The highest BCUT2D eigenvalue weighted by Crippen LogP contribution is 2.24. The first-order valence-corrected chi connectivity index (χ1v) is 9.54. The summed E-state index contributed by atoms with van der Waals surface area (Å²) in [6, 6.07) is 14.1. The van der Waals surface area contributed by atoms with Crippen LogP contribution in [0, 0.1) is 0 Å². The first kappa shape index (κ1) is 17.6. The third kappa shape index (κ3) is 3.88. The Bertz CT molecular complexity index is 1110. The van der Waals surface area contributed by atoms with Crippen molar-refractivity contribution >= 4 is 16.9 Å². The van der Waals surface area contributed by atoms with Crippen LogP contribution in [0.2, 0.25) is 0 Å². The maximum atomic E-state index is 5.87. The van der Waals surface area contributed by atoms with E-state index in [1.54, 1.807) is 6.20 Å². The Kier molecular flexibility index (Phi) is 4.75. The van der Waals surface area contributed by atoms with Crippen molar-refractivity contribution in [2.24, 2.45) is 0 Å². The lowest BCUT2D eigenvalue weighted by molar-refractivity contribution is 0.122. The summed E-state index contributed by atoms with van der Waals surface area (Å²) in [6.07, 6.45) is 3.66. The SMILES string of the molecule is c1ccc(COc2nc(-c3ccc4cc[nH]c4c3)nc(N3CCOCC3)n2)nc1. The number of nitrogens with zero attached hydrogens (tertiary/aromatic N) is 5. The number of hydrogen-bond donors (Lipinski definition) is 1. The largest absolute Gasteiger partial charge is 0.457 e. The minimum absolute atomic E-state index is 0.286. The Morgan fingerprint density at radius 3 is 2.83 bits per heavy atom. The van der Waals surface area contributed by atoms with Gasteiger partial charge in [0.15, 0.2) is 5.82 Å². The molecule has 1 N–H and O–H groups in total. The van der Waals surface area contributed by atoms with Crippen LogP contribution in [0.3, 0.4) is 0 Å². The maximum Gasteiger partial charge on any atom is 0.322 e. The van der Waals surface area contributed by atoms with E-state index in [4.69, 9.17) is 14.5 Å². The first-order chi connectivity index (χ1) is 14.3. The van der Waals surface area contributed by atoms with Gasteiger partial charge in [-0.25, -0.2) is 0 Å². The zero-order valence-electron chi connectivity index (χ0n) is 15.8. The standard InChI is InChI=1S/C21H20N6O2/c1-2-7-22-17(3-1)14-29-21-25-19(16-5-4-15-6-8-23-18(15)13-16)24-20(26-21)27-9-11-28-12-10-27/h1-8,13,23H,9-12,14H2. The van der Waals surface area contributed by atoms with Crippen molar-refractivity contribution in [2.45, 2.75) is 6.61 Å². The molecule has 1 aromatic carbocycles. The fourth-order valence-electron chi connectivity index (χ4n) is 3.25. The topological polar surface area (TPSA) is 89.0 Å². The van der Waals surface area contributed by atoms with Gasteiger partial charge in [0.1, 0.15) is 6.61 Å². The lowest BCUT2D eigenvalue weighted by Crippen LogP contribution is -2.37.